The summed E-state index contributed by atoms with van der Waals surface area (Å²) in [5, 5.41) is 10.2. The van der Waals surface area contributed by atoms with Crippen LogP contribution < -0.4 is 10.6 Å². The fraction of sp³-hybridized carbons (Fsp3) is 0.316. The fourth-order valence-corrected chi connectivity index (χ4v) is 2.73. The number of nitrogens with zero attached hydrogens (tertiary/aromatic N) is 2. The van der Waals surface area contributed by atoms with Crippen molar-refractivity contribution in [1.82, 2.24) is 20.4 Å². The number of carbonyl (C=O) groups excluding carboxylic acids is 2. The lowest BCUT2D eigenvalue weighted by atomic mass is 10.2. The van der Waals surface area contributed by atoms with Gasteiger partial charge in [-0.2, -0.15) is 5.10 Å². The highest BCUT2D eigenvalue weighted by molar-refractivity contribution is 6.31. The van der Waals surface area contributed by atoms with E-state index in [0.29, 0.717) is 23.8 Å². The molecule has 0 aliphatic carbocycles. The third kappa shape index (κ3) is 5.20. The zero-order valence-electron chi connectivity index (χ0n) is 15.1. The summed E-state index contributed by atoms with van der Waals surface area (Å²) in [7, 11) is 0. The normalized spacial score (nSPS) is 12.2. The van der Waals surface area contributed by atoms with Crippen LogP contribution in [0.25, 0.3) is 6.08 Å². The summed E-state index contributed by atoms with van der Waals surface area (Å²) >= 11 is 6.41. The first kappa shape index (κ1) is 19.7. The second-order valence-corrected chi connectivity index (χ2v) is 6.25. The Labute approximate surface area is 158 Å². The Morgan fingerprint density at radius 2 is 2.00 bits per heavy atom. The fourth-order valence-electron chi connectivity index (χ4n) is 2.43. The zero-order valence-corrected chi connectivity index (χ0v) is 15.9. The average molecular weight is 375 g/mol. The van der Waals surface area contributed by atoms with E-state index < -0.39 is 6.04 Å². The number of carbonyl (C=O) groups is 2. The third-order valence-corrected chi connectivity index (χ3v) is 4.19. The van der Waals surface area contributed by atoms with E-state index in [-0.39, 0.29) is 11.8 Å². The van der Waals surface area contributed by atoms with Gasteiger partial charge in [-0.15, -0.1) is 0 Å². The predicted molar refractivity (Wildman–Crippen MR) is 103 cm³/mol. The lowest BCUT2D eigenvalue weighted by Crippen LogP contribution is -2.44. The van der Waals surface area contributed by atoms with Gasteiger partial charge < -0.3 is 10.6 Å². The first-order valence-corrected chi connectivity index (χ1v) is 8.83. The van der Waals surface area contributed by atoms with Crippen LogP contribution in [0.15, 0.2) is 36.4 Å². The number of aryl methyl sites for hydroxylation is 1. The van der Waals surface area contributed by atoms with E-state index >= 15 is 0 Å². The van der Waals surface area contributed by atoms with Crippen LogP contribution in [0.1, 0.15) is 30.7 Å². The Hall–Kier alpha value is -2.60. The maximum Gasteiger partial charge on any atom is 0.244 e. The average Bonchev–Trinajstić information content (AvgIpc) is 2.87. The van der Waals surface area contributed by atoms with Gasteiger partial charge in [-0.05, 0) is 32.4 Å². The van der Waals surface area contributed by atoms with Crippen LogP contribution in [0.5, 0.6) is 0 Å². The number of likely N-dealkylation sites (N-methyl/N-ethyl adjacent to an activating group) is 1. The Morgan fingerprint density at radius 3 is 2.65 bits per heavy atom. The molecule has 1 atom stereocenters. The molecule has 0 bridgehead atoms. The second kappa shape index (κ2) is 9.20. The molecule has 0 saturated carbocycles. The lowest BCUT2D eigenvalue weighted by molar-refractivity contribution is -0.126. The summed E-state index contributed by atoms with van der Waals surface area (Å²) in [6, 6.07) is 9.26. The Balaban J connectivity index is 2.06. The topological polar surface area (TPSA) is 76.0 Å². The second-order valence-electron chi connectivity index (χ2n) is 5.89. The van der Waals surface area contributed by atoms with Crippen molar-refractivity contribution in [1.29, 1.82) is 0 Å². The first-order valence-electron chi connectivity index (χ1n) is 8.45. The summed E-state index contributed by atoms with van der Waals surface area (Å²) in [5.74, 6) is -0.589. The zero-order chi connectivity index (χ0) is 19.1. The van der Waals surface area contributed by atoms with E-state index in [0.717, 1.165) is 11.3 Å². The van der Waals surface area contributed by atoms with Crippen LogP contribution in [0.2, 0.25) is 5.15 Å². The van der Waals surface area contributed by atoms with Crippen LogP contribution in [0.4, 0.5) is 0 Å². The minimum Gasteiger partial charge on any atom is -0.355 e. The molecule has 0 aliphatic heterocycles. The minimum absolute atomic E-state index is 0.223. The molecule has 0 spiro atoms. The number of hydrogen-bond acceptors (Lipinski definition) is 3. The van der Waals surface area contributed by atoms with Gasteiger partial charge in [0, 0.05) is 18.2 Å². The molecule has 0 radical (unpaired) electrons. The van der Waals surface area contributed by atoms with Crippen molar-refractivity contribution in [3.05, 3.63) is 58.4 Å². The minimum atomic E-state index is -0.607. The van der Waals surface area contributed by atoms with Crippen molar-refractivity contribution < 1.29 is 9.59 Å². The van der Waals surface area contributed by atoms with Crippen molar-refractivity contribution in [3.63, 3.8) is 0 Å². The lowest BCUT2D eigenvalue weighted by Gasteiger charge is -2.11. The summed E-state index contributed by atoms with van der Waals surface area (Å²) in [5.41, 5.74) is 2.50. The SMILES string of the molecule is CCNC(=O)[C@H](C)NC(=O)/C=C/c1c(C)nn(Cc2ccccc2)c1Cl. The van der Waals surface area contributed by atoms with Crippen molar-refractivity contribution >= 4 is 29.5 Å². The first-order chi connectivity index (χ1) is 12.4. The van der Waals surface area contributed by atoms with Crippen LogP contribution in [0, 0.1) is 6.92 Å². The molecule has 26 heavy (non-hydrogen) atoms. The molecule has 1 aromatic heterocycles. The summed E-state index contributed by atoms with van der Waals surface area (Å²) in [6.07, 6.45) is 2.98. The number of rotatable bonds is 7. The predicted octanol–water partition coefficient (Wildman–Crippen LogP) is 2.55. The van der Waals surface area contributed by atoms with E-state index in [4.69, 9.17) is 11.6 Å². The van der Waals surface area contributed by atoms with Crippen molar-refractivity contribution in [2.75, 3.05) is 6.54 Å². The van der Waals surface area contributed by atoms with Crippen molar-refractivity contribution in [2.45, 2.75) is 33.4 Å². The molecule has 0 saturated heterocycles. The molecule has 0 aliphatic rings. The molecule has 2 amide bonds. The Bertz CT molecular complexity index is 799. The summed E-state index contributed by atoms with van der Waals surface area (Å²) < 4.78 is 1.70. The quantitative estimate of drug-likeness (QED) is 0.731. The molecule has 2 aromatic rings. The molecule has 1 aromatic carbocycles. The number of hydrogen-bond donors (Lipinski definition) is 2. The van der Waals surface area contributed by atoms with Gasteiger partial charge in [0.2, 0.25) is 11.8 Å². The van der Waals surface area contributed by atoms with Crippen LogP contribution in [0.3, 0.4) is 0 Å². The maximum atomic E-state index is 12.0. The van der Waals surface area contributed by atoms with Gasteiger partial charge in [-0.25, -0.2) is 4.68 Å². The Morgan fingerprint density at radius 1 is 1.31 bits per heavy atom. The van der Waals surface area contributed by atoms with E-state index in [9.17, 15) is 9.59 Å². The van der Waals surface area contributed by atoms with Gasteiger partial charge in [-0.1, -0.05) is 41.9 Å². The molecule has 0 unspecified atom stereocenters. The molecule has 138 valence electrons. The van der Waals surface area contributed by atoms with Gasteiger partial charge in [0.05, 0.1) is 12.2 Å². The van der Waals surface area contributed by atoms with Crippen LogP contribution in [-0.4, -0.2) is 34.2 Å². The molecule has 1 heterocycles. The van der Waals surface area contributed by atoms with Gasteiger partial charge in [0.15, 0.2) is 0 Å². The van der Waals surface area contributed by atoms with E-state index in [1.807, 2.05) is 44.2 Å². The highest BCUT2D eigenvalue weighted by atomic mass is 35.5. The Kier molecular flexibility index (Phi) is 6.97. The van der Waals surface area contributed by atoms with Gasteiger partial charge in [0.25, 0.3) is 0 Å². The smallest absolute Gasteiger partial charge is 0.244 e. The van der Waals surface area contributed by atoms with Crippen molar-refractivity contribution in [2.24, 2.45) is 0 Å². The highest BCUT2D eigenvalue weighted by Gasteiger charge is 2.14. The molecular formula is C19H23ClN4O2. The van der Waals surface area contributed by atoms with E-state index in [2.05, 4.69) is 15.7 Å². The maximum absolute atomic E-state index is 12.0. The molecule has 2 rings (SSSR count). The third-order valence-electron chi connectivity index (χ3n) is 3.79. The molecule has 2 N–H and O–H groups in total. The number of aromatic nitrogens is 2. The van der Waals surface area contributed by atoms with Gasteiger partial charge in [0.1, 0.15) is 11.2 Å². The molecule has 0 fully saturated rings. The van der Waals surface area contributed by atoms with E-state index in [1.165, 1.54) is 6.08 Å². The standard InChI is InChI=1S/C19H23ClN4O2/c1-4-21-19(26)14(3)22-17(25)11-10-16-13(2)23-24(18(16)20)12-15-8-6-5-7-9-15/h5-11,14H,4,12H2,1-3H3,(H,21,26)(H,22,25)/b11-10+/t14-/m0/s1. The number of amides is 2. The number of halogens is 1. The van der Waals surface area contributed by atoms with Crippen molar-refractivity contribution in [3.8, 4) is 0 Å². The van der Waals surface area contributed by atoms with Crippen LogP contribution in [-0.2, 0) is 16.1 Å². The highest BCUT2D eigenvalue weighted by Crippen LogP contribution is 2.22. The van der Waals surface area contributed by atoms with Gasteiger partial charge >= 0.3 is 0 Å². The molecule has 7 heteroatoms. The summed E-state index contributed by atoms with van der Waals surface area (Å²) in [4.78, 5) is 23.7. The van der Waals surface area contributed by atoms with E-state index in [1.54, 1.807) is 17.7 Å². The molecular weight excluding hydrogens is 352 g/mol. The summed E-state index contributed by atoms with van der Waals surface area (Å²) in [6.45, 7) is 6.36. The number of nitrogens with one attached hydrogen (secondary N) is 2. The largest absolute Gasteiger partial charge is 0.355 e. The molecule has 6 nitrogen and oxygen atoms in total. The van der Waals surface area contributed by atoms with Crippen LogP contribution >= 0.6 is 11.6 Å². The number of benzene rings is 1. The monoisotopic (exact) mass is 374 g/mol. The van der Waals surface area contributed by atoms with Gasteiger partial charge in [-0.3, -0.25) is 9.59 Å².